The molecule has 0 N–H and O–H groups in total. The number of piperazine rings is 1. The van der Waals surface area contributed by atoms with Gasteiger partial charge in [0.15, 0.2) is 0 Å². The number of anilines is 2. The van der Waals surface area contributed by atoms with Gasteiger partial charge in [0.05, 0.1) is 4.90 Å². The van der Waals surface area contributed by atoms with Gasteiger partial charge in [-0.25, -0.2) is 18.4 Å². The second kappa shape index (κ2) is 7.67. The van der Waals surface area contributed by atoms with Gasteiger partial charge in [0, 0.05) is 45.3 Å². The number of hydrogen-bond acceptors (Lipinski definition) is 6. The Bertz CT molecular complexity index is 949. The molecule has 2 aromatic rings. The maximum Gasteiger partial charge on any atom is 0.243 e. The molecule has 0 radical (unpaired) electrons. The van der Waals surface area contributed by atoms with E-state index in [1.165, 1.54) is 12.8 Å². The number of rotatable bonds is 4. The molecule has 150 valence electrons. The fraction of sp³-hybridized carbons (Fsp3) is 0.500. The van der Waals surface area contributed by atoms with Gasteiger partial charge in [0.2, 0.25) is 10.0 Å². The lowest BCUT2D eigenvalue weighted by Gasteiger charge is -2.35. The molecule has 0 bridgehead atoms. The molecule has 28 heavy (non-hydrogen) atoms. The van der Waals surface area contributed by atoms with Crippen molar-refractivity contribution in [3.05, 3.63) is 41.7 Å². The van der Waals surface area contributed by atoms with E-state index in [9.17, 15) is 8.42 Å². The monoisotopic (exact) mass is 401 g/mol. The average Bonchev–Trinajstić information content (AvgIpc) is 3.25. The van der Waals surface area contributed by atoms with E-state index in [-0.39, 0.29) is 0 Å². The molecule has 2 saturated heterocycles. The van der Waals surface area contributed by atoms with Crippen LogP contribution in [0, 0.1) is 13.8 Å². The van der Waals surface area contributed by atoms with Gasteiger partial charge in [-0.05, 0) is 49.9 Å². The molecule has 0 saturated carbocycles. The smallest absolute Gasteiger partial charge is 0.243 e. The van der Waals surface area contributed by atoms with Crippen LogP contribution in [0.5, 0.6) is 0 Å². The van der Waals surface area contributed by atoms with Gasteiger partial charge in [-0.1, -0.05) is 6.07 Å². The third-order valence-electron chi connectivity index (χ3n) is 5.75. The Kier molecular flexibility index (Phi) is 5.25. The molecule has 0 unspecified atom stereocenters. The second-order valence-corrected chi connectivity index (χ2v) is 9.50. The summed E-state index contributed by atoms with van der Waals surface area (Å²) < 4.78 is 27.6. The molecule has 2 fully saturated rings. The number of aromatic nitrogens is 2. The van der Waals surface area contributed by atoms with Crippen molar-refractivity contribution in [2.24, 2.45) is 0 Å². The molecule has 0 spiro atoms. The lowest BCUT2D eigenvalue weighted by atomic mass is 10.1. The molecule has 7 nitrogen and oxygen atoms in total. The van der Waals surface area contributed by atoms with E-state index in [2.05, 4.69) is 19.8 Å². The summed E-state index contributed by atoms with van der Waals surface area (Å²) in [6, 6.07) is 7.37. The van der Waals surface area contributed by atoms with E-state index < -0.39 is 10.0 Å². The van der Waals surface area contributed by atoms with Gasteiger partial charge >= 0.3 is 0 Å². The summed E-state index contributed by atoms with van der Waals surface area (Å²) in [6.07, 6.45) is 4.02. The summed E-state index contributed by atoms with van der Waals surface area (Å²) in [5.74, 6) is 1.84. The zero-order valence-electron chi connectivity index (χ0n) is 16.5. The Labute approximate surface area is 167 Å². The summed E-state index contributed by atoms with van der Waals surface area (Å²) in [4.78, 5) is 13.6. The van der Waals surface area contributed by atoms with Crippen LogP contribution >= 0.6 is 0 Å². The first-order valence-corrected chi connectivity index (χ1v) is 11.3. The second-order valence-electron chi connectivity index (χ2n) is 7.57. The van der Waals surface area contributed by atoms with Crippen LogP contribution in [0.2, 0.25) is 0 Å². The molecular formula is C20H27N5O2S. The minimum atomic E-state index is -3.46. The highest BCUT2D eigenvalue weighted by Gasteiger charge is 2.29. The number of hydrogen-bond donors (Lipinski definition) is 0. The van der Waals surface area contributed by atoms with Gasteiger partial charge < -0.3 is 9.80 Å². The van der Waals surface area contributed by atoms with Crippen LogP contribution in [0.25, 0.3) is 0 Å². The maximum atomic E-state index is 13.0. The Morgan fingerprint density at radius 1 is 0.786 bits per heavy atom. The summed E-state index contributed by atoms with van der Waals surface area (Å²) in [5, 5.41) is 0. The Morgan fingerprint density at radius 3 is 2.00 bits per heavy atom. The molecular weight excluding hydrogens is 374 g/mol. The van der Waals surface area contributed by atoms with Crippen molar-refractivity contribution in [2.45, 2.75) is 31.6 Å². The van der Waals surface area contributed by atoms with E-state index >= 15 is 0 Å². The third-order valence-corrected chi connectivity index (χ3v) is 7.64. The minimum absolute atomic E-state index is 0.377. The lowest BCUT2D eigenvalue weighted by molar-refractivity contribution is 0.383. The van der Waals surface area contributed by atoms with Gasteiger partial charge in [0.25, 0.3) is 0 Å². The molecule has 1 aromatic carbocycles. The lowest BCUT2D eigenvalue weighted by Crippen LogP contribution is -2.49. The van der Waals surface area contributed by atoms with E-state index in [1.807, 2.05) is 26.0 Å². The minimum Gasteiger partial charge on any atom is -0.356 e. The van der Waals surface area contributed by atoms with E-state index in [1.54, 1.807) is 22.8 Å². The Balaban J connectivity index is 1.45. The average molecular weight is 402 g/mol. The predicted molar refractivity (Wildman–Crippen MR) is 110 cm³/mol. The summed E-state index contributed by atoms with van der Waals surface area (Å²) in [6.45, 7) is 8.18. The number of aryl methyl sites for hydroxylation is 2. The molecule has 4 rings (SSSR count). The van der Waals surface area contributed by atoms with Crippen molar-refractivity contribution in [2.75, 3.05) is 49.1 Å². The standard InChI is InChI=1S/C20H27N5O2S/c1-16-5-6-18(13-17(16)2)28(26,27)25-11-9-24(10-12-25)20-14-19(21-15-22-20)23-7-3-4-8-23/h5-6,13-15H,3-4,7-12H2,1-2H3. The highest BCUT2D eigenvalue weighted by Crippen LogP contribution is 2.24. The van der Waals surface area contributed by atoms with Crippen LogP contribution in [0.1, 0.15) is 24.0 Å². The van der Waals surface area contributed by atoms with Crippen molar-refractivity contribution in [1.29, 1.82) is 0 Å². The number of benzene rings is 1. The topological polar surface area (TPSA) is 69.6 Å². The van der Waals surface area contributed by atoms with Crippen LogP contribution in [0.3, 0.4) is 0 Å². The normalized spacial score (nSPS) is 18.6. The zero-order valence-corrected chi connectivity index (χ0v) is 17.3. The first-order valence-electron chi connectivity index (χ1n) is 9.84. The van der Waals surface area contributed by atoms with E-state index in [4.69, 9.17) is 0 Å². The zero-order chi connectivity index (χ0) is 19.7. The molecule has 0 amide bonds. The highest BCUT2D eigenvalue weighted by atomic mass is 32.2. The maximum absolute atomic E-state index is 13.0. The van der Waals surface area contributed by atoms with Crippen molar-refractivity contribution in [3.8, 4) is 0 Å². The van der Waals surface area contributed by atoms with Crippen LogP contribution in [0.15, 0.2) is 35.5 Å². The van der Waals surface area contributed by atoms with Gasteiger partial charge in [-0.15, -0.1) is 0 Å². The quantitative estimate of drug-likeness (QED) is 0.782. The molecule has 0 aliphatic carbocycles. The van der Waals surface area contributed by atoms with Crippen LogP contribution in [-0.2, 0) is 10.0 Å². The number of nitrogens with zero attached hydrogens (tertiary/aromatic N) is 5. The van der Waals surface area contributed by atoms with Crippen LogP contribution in [-0.4, -0.2) is 62.0 Å². The molecule has 3 heterocycles. The molecule has 1 aromatic heterocycles. The summed E-state index contributed by atoms with van der Waals surface area (Å²) >= 11 is 0. The summed E-state index contributed by atoms with van der Waals surface area (Å²) in [7, 11) is -3.46. The van der Waals surface area contributed by atoms with Crippen molar-refractivity contribution in [3.63, 3.8) is 0 Å². The van der Waals surface area contributed by atoms with Crippen molar-refractivity contribution >= 4 is 21.7 Å². The highest BCUT2D eigenvalue weighted by molar-refractivity contribution is 7.89. The third kappa shape index (κ3) is 3.71. The summed E-state index contributed by atoms with van der Waals surface area (Å²) in [5.41, 5.74) is 2.09. The van der Waals surface area contributed by atoms with E-state index in [0.717, 1.165) is 35.9 Å². The fourth-order valence-electron chi connectivity index (χ4n) is 3.81. The molecule has 2 aliphatic rings. The number of sulfonamides is 1. The van der Waals surface area contributed by atoms with E-state index in [0.29, 0.717) is 31.1 Å². The van der Waals surface area contributed by atoms with Gasteiger partial charge in [-0.2, -0.15) is 4.31 Å². The molecule has 2 aliphatic heterocycles. The van der Waals surface area contributed by atoms with Crippen LogP contribution in [0.4, 0.5) is 11.6 Å². The van der Waals surface area contributed by atoms with Crippen molar-refractivity contribution in [1.82, 2.24) is 14.3 Å². The first-order chi connectivity index (χ1) is 13.4. The fourth-order valence-corrected chi connectivity index (χ4v) is 5.32. The Hall–Kier alpha value is -2.19. The largest absolute Gasteiger partial charge is 0.356 e. The first kappa shape index (κ1) is 19.1. The van der Waals surface area contributed by atoms with Crippen molar-refractivity contribution < 1.29 is 8.42 Å². The van der Waals surface area contributed by atoms with Gasteiger partial charge in [0.1, 0.15) is 18.0 Å². The molecule has 0 atom stereocenters. The SMILES string of the molecule is Cc1ccc(S(=O)(=O)N2CCN(c3cc(N4CCCC4)ncn3)CC2)cc1C. The Morgan fingerprint density at radius 2 is 1.39 bits per heavy atom. The molecule has 8 heteroatoms. The van der Waals surface area contributed by atoms with Gasteiger partial charge in [-0.3, -0.25) is 0 Å². The predicted octanol–water partition coefficient (Wildman–Crippen LogP) is 2.20. The van der Waals surface area contributed by atoms with Crippen LogP contribution < -0.4 is 9.80 Å².